The molecule has 0 atom stereocenters. The number of hydrogen-bond donors (Lipinski definition) is 1. The maximum Gasteiger partial charge on any atom is 0.179 e. The first-order valence-corrected chi connectivity index (χ1v) is 6.85. The van der Waals surface area contributed by atoms with Gasteiger partial charge in [-0.2, -0.15) is 0 Å². The Morgan fingerprint density at radius 1 is 1.11 bits per heavy atom. The summed E-state index contributed by atoms with van der Waals surface area (Å²) in [4.78, 5) is 0. The van der Waals surface area contributed by atoms with Gasteiger partial charge in [0.25, 0.3) is 0 Å². The lowest BCUT2D eigenvalue weighted by atomic mass is 10.2. The highest BCUT2D eigenvalue weighted by Gasteiger charge is 2.17. The molecule has 2 aliphatic heterocycles. The topological polar surface area (TPSA) is 43.0 Å². The lowest BCUT2D eigenvalue weighted by Gasteiger charge is -2.27. The van der Waals surface area contributed by atoms with Crippen molar-refractivity contribution in [1.82, 2.24) is 10.4 Å². The van der Waals surface area contributed by atoms with Gasteiger partial charge >= 0.3 is 0 Å². The van der Waals surface area contributed by atoms with Gasteiger partial charge in [-0.25, -0.2) is 5.01 Å². The second kappa shape index (κ2) is 5.96. The van der Waals surface area contributed by atoms with Crippen LogP contribution in [0.4, 0.5) is 0 Å². The first kappa shape index (κ1) is 13.0. The zero-order valence-corrected chi connectivity index (χ0v) is 11.4. The molecule has 1 fully saturated rings. The van der Waals surface area contributed by atoms with Gasteiger partial charge < -0.3 is 14.2 Å². The molecule has 0 unspecified atom stereocenters. The number of nitrogens with one attached hydrogen (secondary N) is 1. The number of ether oxygens (including phenoxy) is 3. The standard InChI is InChI=1S/C13H17ClN2O3/c14-11-7-10(8-12-13(11)19-6-5-18-12)9-15-16-1-3-17-4-2-16/h7-8,15H,1-6,9H2. The molecule has 1 N–H and O–H groups in total. The number of hydrogen-bond acceptors (Lipinski definition) is 5. The van der Waals surface area contributed by atoms with Gasteiger partial charge in [-0.05, 0) is 17.7 Å². The minimum Gasteiger partial charge on any atom is -0.486 e. The van der Waals surface area contributed by atoms with Crippen LogP contribution in [0.5, 0.6) is 11.5 Å². The summed E-state index contributed by atoms with van der Waals surface area (Å²) in [6.07, 6.45) is 0. The quantitative estimate of drug-likeness (QED) is 0.910. The van der Waals surface area contributed by atoms with Crippen molar-refractivity contribution in [3.63, 3.8) is 0 Å². The summed E-state index contributed by atoms with van der Waals surface area (Å²) >= 11 is 6.20. The summed E-state index contributed by atoms with van der Waals surface area (Å²) in [7, 11) is 0. The molecular formula is C13H17ClN2O3. The normalized spacial score (nSPS) is 19.4. The van der Waals surface area contributed by atoms with Crippen LogP contribution in [-0.2, 0) is 11.3 Å². The average Bonchev–Trinajstić information content (AvgIpc) is 2.46. The lowest BCUT2D eigenvalue weighted by Crippen LogP contribution is -2.45. The lowest BCUT2D eigenvalue weighted by molar-refractivity contribution is 0.0105. The summed E-state index contributed by atoms with van der Waals surface area (Å²) in [5.74, 6) is 1.39. The molecule has 5 nitrogen and oxygen atoms in total. The van der Waals surface area contributed by atoms with Crippen LogP contribution in [0, 0.1) is 0 Å². The molecule has 3 rings (SSSR count). The van der Waals surface area contributed by atoms with Crippen molar-refractivity contribution >= 4 is 11.6 Å². The number of halogens is 1. The van der Waals surface area contributed by atoms with E-state index in [1.54, 1.807) is 0 Å². The minimum absolute atomic E-state index is 0.554. The third kappa shape index (κ3) is 3.12. The van der Waals surface area contributed by atoms with E-state index in [0.29, 0.717) is 24.0 Å². The molecule has 104 valence electrons. The third-order valence-electron chi connectivity index (χ3n) is 3.17. The van der Waals surface area contributed by atoms with Gasteiger partial charge in [-0.15, -0.1) is 0 Å². The Bertz CT molecular complexity index is 450. The molecular weight excluding hydrogens is 268 g/mol. The van der Waals surface area contributed by atoms with Gasteiger partial charge in [0.2, 0.25) is 0 Å². The van der Waals surface area contributed by atoms with E-state index in [9.17, 15) is 0 Å². The predicted octanol–water partition coefficient (Wildman–Crippen LogP) is 1.45. The Kier molecular flexibility index (Phi) is 4.08. The van der Waals surface area contributed by atoms with Crippen molar-refractivity contribution in [3.05, 3.63) is 22.7 Å². The monoisotopic (exact) mass is 284 g/mol. The van der Waals surface area contributed by atoms with Gasteiger partial charge in [0.05, 0.1) is 18.2 Å². The number of morpholine rings is 1. The Hall–Kier alpha value is -1.01. The molecule has 2 aliphatic rings. The van der Waals surface area contributed by atoms with E-state index in [0.717, 1.165) is 44.2 Å². The fourth-order valence-corrected chi connectivity index (χ4v) is 2.48. The van der Waals surface area contributed by atoms with Crippen molar-refractivity contribution in [2.45, 2.75) is 6.54 Å². The van der Waals surface area contributed by atoms with Crippen LogP contribution in [-0.4, -0.2) is 44.5 Å². The molecule has 0 aromatic heterocycles. The zero-order chi connectivity index (χ0) is 13.1. The van der Waals surface area contributed by atoms with Crippen molar-refractivity contribution in [2.75, 3.05) is 39.5 Å². The van der Waals surface area contributed by atoms with Crippen LogP contribution < -0.4 is 14.9 Å². The van der Waals surface area contributed by atoms with Crippen molar-refractivity contribution < 1.29 is 14.2 Å². The second-order valence-electron chi connectivity index (χ2n) is 4.54. The van der Waals surface area contributed by atoms with Crippen LogP contribution in [0.2, 0.25) is 5.02 Å². The summed E-state index contributed by atoms with van der Waals surface area (Å²) < 4.78 is 16.4. The van der Waals surface area contributed by atoms with E-state index < -0.39 is 0 Å². The number of rotatable bonds is 3. The van der Waals surface area contributed by atoms with E-state index in [1.165, 1.54) is 0 Å². The summed E-state index contributed by atoms with van der Waals surface area (Å²) in [6, 6.07) is 3.90. The SMILES string of the molecule is Clc1cc(CNN2CCOCC2)cc2c1OCCO2. The number of fused-ring (bicyclic) bond motifs is 1. The first-order chi connectivity index (χ1) is 9.33. The van der Waals surface area contributed by atoms with Crippen LogP contribution in [0.15, 0.2) is 12.1 Å². The molecule has 2 heterocycles. The Morgan fingerprint density at radius 3 is 2.74 bits per heavy atom. The Morgan fingerprint density at radius 2 is 1.89 bits per heavy atom. The van der Waals surface area contributed by atoms with Gasteiger partial charge in [0.1, 0.15) is 13.2 Å². The molecule has 0 aliphatic carbocycles. The number of hydrazine groups is 1. The molecule has 6 heteroatoms. The van der Waals surface area contributed by atoms with Crippen molar-refractivity contribution in [3.8, 4) is 11.5 Å². The minimum atomic E-state index is 0.554. The molecule has 0 spiro atoms. The smallest absolute Gasteiger partial charge is 0.179 e. The van der Waals surface area contributed by atoms with Crippen LogP contribution in [0.1, 0.15) is 5.56 Å². The molecule has 1 aromatic carbocycles. The Labute approximate surface area is 117 Å². The van der Waals surface area contributed by atoms with E-state index >= 15 is 0 Å². The summed E-state index contributed by atoms with van der Waals surface area (Å²) in [5, 5.41) is 2.77. The predicted molar refractivity (Wildman–Crippen MR) is 71.7 cm³/mol. The maximum absolute atomic E-state index is 6.20. The molecule has 19 heavy (non-hydrogen) atoms. The largest absolute Gasteiger partial charge is 0.486 e. The highest BCUT2D eigenvalue weighted by Crippen LogP contribution is 2.38. The van der Waals surface area contributed by atoms with Crippen molar-refractivity contribution in [2.24, 2.45) is 0 Å². The van der Waals surface area contributed by atoms with E-state index in [-0.39, 0.29) is 0 Å². The fourth-order valence-electron chi connectivity index (χ4n) is 2.19. The maximum atomic E-state index is 6.20. The second-order valence-corrected chi connectivity index (χ2v) is 4.94. The van der Waals surface area contributed by atoms with Gasteiger partial charge in [0, 0.05) is 19.6 Å². The number of nitrogens with zero attached hydrogens (tertiary/aromatic N) is 1. The Balaban J connectivity index is 1.65. The summed E-state index contributed by atoms with van der Waals surface area (Å²) in [6.45, 7) is 5.19. The highest BCUT2D eigenvalue weighted by atomic mass is 35.5. The fraction of sp³-hybridized carbons (Fsp3) is 0.538. The molecule has 0 saturated carbocycles. The van der Waals surface area contributed by atoms with Gasteiger partial charge in [0.15, 0.2) is 11.5 Å². The third-order valence-corrected chi connectivity index (χ3v) is 3.46. The first-order valence-electron chi connectivity index (χ1n) is 6.47. The average molecular weight is 285 g/mol. The van der Waals surface area contributed by atoms with Crippen LogP contribution in [0.3, 0.4) is 0 Å². The van der Waals surface area contributed by atoms with E-state index in [4.69, 9.17) is 25.8 Å². The summed E-state index contributed by atoms with van der Waals surface area (Å²) in [5.41, 5.74) is 4.45. The van der Waals surface area contributed by atoms with Crippen LogP contribution >= 0.6 is 11.6 Å². The highest BCUT2D eigenvalue weighted by molar-refractivity contribution is 6.32. The molecule has 0 bridgehead atoms. The van der Waals surface area contributed by atoms with E-state index in [2.05, 4.69) is 10.4 Å². The van der Waals surface area contributed by atoms with Gasteiger partial charge in [-0.3, -0.25) is 5.43 Å². The molecule has 1 aromatic rings. The zero-order valence-electron chi connectivity index (χ0n) is 10.7. The van der Waals surface area contributed by atoms with Crippen molar-refractivity contribution in [1.29, 1.82) is 0 Å². The number of benzene rings is 1. The van der Waals surface area contributed by atoms with E-state index in [1.807, 2.05) is 12.1 Å². The molecule has 0 amide bonds. The van der Waals surface area contributed by atoms with Crippen LogP contribution in [0.25, 0.3) is 0 Å². The van der Waals surface area contributed by atoms with Gasteiger partial charge in [-0.1, -0.05) is 11.6 Å². The molecule has 1 saturated heterocycles. The molecule has 0 radical (unpaired) electrons.